The Bertz CT molecular complexity index is 1560. The summed E-state index contributed by atoms with van der Waals surface area (Å²) < 4.78 is 3.87. The number of nitrogens with two attached hydrogens (primary N) is 1. The van der Waals surface area contributed by atoms with Crippen molar-refractivity contribution in [2.24, 2.45) is 0 Å². The highest BCUT2D eigenvalue weighted by molar-refractivity contribution is 5.83. The van der Waals surface area contributed by atoms with Gasteiger partial charge in [-0.3, -0.25) is 4.57 Å². The summed E-state index contributed by atoms with van der Waals surface area (Å²) in [6, 6.07) is 16.5. The second kappa shape index (κ2) is 9.10. The molecule has 1 atom stereocenters. The third kappa shape index (κ3) is 3.96. The minimum absolute atomic E-state index is 0.448. The van der Waals surface area contributed by atoms with Crippen LogP contribution in [0.25, 0.3) is 34.1 Å². The average molecular weight is 492 g/mol. The van der Waals surface area contributed by atoms with E-state index in [-0.39, 0.29) is 0 Å². The first-order chi connectivity index (χ1) is 18.2. The Morgan fingerprint density at radius 1 is 1.00 bits per heavy atom. The lowest BCUT2D eigenvalue weighted by Crippen LogP contribution is -2.44. The van der Waals surface area contributed by atoms with Gasteiger partial charge in [-0.2, -0.15) is 5.10 Å². The highest BCUT2D eigenvalue weighted by Gasteiger charge is 2.27. The van der Waals surface area contributed by atoms with Crippen molar-refractivity contribution in [2.45, 2.75) is 18.8 Å². The molecule has 0 bridgehead atoms. The molecule has 0 spiro atoms. The van der Waals surface area contributed by atoms with Gasteiger partial charge >= 0.3 is 0 Å². The Morgan fingerprint density at radius 3 is 2.76 bits per heavy atom. The average Bonchev–Trinajstić information content (AvgIpc) is 3.68. The topological polar surface area (TPSA) is 103 Å². The minimum Gasteiger partial charge on any atom is -0.383 e. The number of benzene rings is 1. The van der Waals surface area contributed by atoms with E-state index >= 15 is 0 Å². The number of rotatable bonds is 5. The third-order valence-corrected chi connectivity index (χ3v) is 7.58. The zero-order valence-corrected chi connectivity index (χ0v) is 20.6. The van der Waals surface area contributed by atoms with Crippen molar-refractivity contribution < 1.29 is 0 Å². The van der Waals surface area contributed by atoms with Gasteiger partial charge in [-0.1, -0.05) is 6.07 Å². The van der Waals surface area contributed by atoms with Crippen LogP contribution >= 0.6 is 0 Å². The van der Waals surface area contributed by atoms with Crippen molar-refractivity contribution in [1.29, 1.82) is 0 Å². The van der Waals surface area contributed by atoms with Crippen LogP contribution in [0.2, 0.25) is 0 Å². The van der Waals surface area contributed by atoms with E-state index in [0.717, 1.165) is 73.2 Å². The van der Waals surface area contributed by atoms with E-state index in [1.807, 2.05) is 36.5 Å². The van der Waals surface area contributed by atoms with Crippen LogP contribution in [0.3, 0.4) is 0 Å². The molecule has 9 nitrogen and oxygen atoms in total. The van der Waals surface area contributed by atoms with Crippen LogP contribution < -0.4 is 11.1 Å². The number of nitrogens with one attached hydrogen (secondary N) is 1. The standard InChI is InChI=1S/C28H29N9/c29-26-23(3-1-10-31-26)27-33-24-8-9-25(36-14-2-11-32-36)34-28(24)37(27)21-6-7-22-19(17-21)4-5-20(22)18-35-15-12-30-13-16-35/h1-3,6-11,14,17,20,30H,4-5,12-13,15-16,18H2,(H2,29,31). The molecule has 37 heavy (non-hydrogen) atoms. The SMILES string of the molecule is Nc1ncccc1-c1nc2ccc(-n3cccn3)nc2n1-c1ccc2c(c1)CCC2CN1CCNCC1. The molecule has 7 rings (SSSR count). The molecule has 0 saturated carbocycles. The fourth-order valence-electron chi connectivity index (χ4n) is 5.74. The Labute approximate surface area is 215 Å². The second-order valence-electron chi connectivity index (χ2n) is 9.84. The molecule has 3 N–H and O–H groups in total. The summed E-state index contributed by atoms with van der Waals surface area (Å²) in [4.78, 5) is 16.9. The predicted octanol–water partition coefficient (Wildman–Crippen LogP) is 3.19. The largest absolute Gasteiger partial charge is 0.383 e. The van der Waals surface area contributed by atoms with Crippen molar-refractivity contribution in [1.82, 2.24) is 39.5 Å². The maximum Gasteiger partial charge on any atom is 0.167 e. The maximum absolute atomic E-state index is 6.32. The van der Waals surface area contributed by atoms with E-state index in [1.54, 1.807) is 17.1 Å². The van der Waals surface area contributed by atoms with Gasteiger partial charge in [0.15, 0.2) is 17.3 Å². The van der Waals surface area contributed by atoms with Crippen molar-refractivity contribution in [2.75, 3.05) is 38.5 Å². The quantitative estimate of drug-likeness (QED) is 0.389. The highest BCUT2D eigenvalue weighted by atomic mass is 15.3. The van der Waals surface area contributed by atoms with Crippen LogP contribution in [-0.4, -0.2) is 66.9 Å². The molecule has 1 aliphatic carbocycles. The van der Waals surface area contributed by atoms with Crippen LogP contribution in [0.15, 0.2) is 67.1 Å². The Balaban J connectivity index is 1.34. The van der Waals surface area contributed by atoms with E-state index in [4.69, 9.17) is 15.7 Å². The second-order valence-corrected chi connectivity index (χ2v) is 9.84. The molecular weight excluding hydrogens is 462 g/mol. The molecule has 5 heterocycles. The molecule has 1 saturated heterocycles. The van der Waals surface area contributed by atoms with Crippen LogP contribution in [-0.2, 0) is 6.42 Å². The zero-order chi connectivity index (χ0) is 24.8. The van der Waals surface area contributed by atoms with E-state index in [0.29, 0.717) is 11.7 Å². The Kier molecular flexibility index (Phi) is 5.44. The molecule has 4 aromatic heterocycles. The van der Waals surface area contributed by atoms with Crippen LogP contribution in [0, 0.1) is 0 Å². The van der Waals surface area contributed by atoms with E-state index in [2.05, 4.69) is 43.1 Å². The van der Waals surface area contributed by atoms with Gasteiger partial charge in [-0.05, 0) is 72.4 Å². The number of aryl methyl sites for hydroxylation is 1. The lowest BCUT2D eigenvalue weighted by molar-refractivity contribution is 0.226. The fourth-order valence-corrected chi connectivity index (χ4v) is 5.74. The summed E-state index contributed by atoms with van der Waals surface area (Å²) in [5.74, 6) is 2.51. The van der Waals surface area contributed by atoms with Crippen LogP contribution in [0.5, 0.6) is 0 Å². The minimum atomic E-state index is 0.448. The van der Waals surface area contributed by atoms with Crippen molar-refractivity contribution in [3.8, 4) is 22.9 Å². The van der Waals surface area contributed by atoms with Crippen LogP contribution in [0.4, 0.5) is 5.82 Å². The Hall–Kier alpha value is -4.08. The number of imidazole rings is 1. The Morgan fingerprint density at radius 2 is 1.92 bits per heavy atom. The first kappa shape index (κ1) is 22.1. The zero-order valence-electron chi connectivity index (χ0n) is 20.6. The van der Waals surface area contributed by atoms with Gasteiger partial charge in [-0.25, -0.2) is 19.6 Å². The molecule has 2 aliphatic rings. The van der Waals surface area contributed by atoms with Crippen molar-refractivity contribution in [3.05, 3.63) is 78.2 Å². The number of fused-ring (bicyclic) bond motifs is 2. The number of aromatic nitrogens is 6. The molecule has 9 heteroatoms. The van der Waals surface area contributed by atoms with Gasteiger partial charge in [0.05, 0.1) is 5.56 Å². The maximum atomic E-state index is 6.32. The van der Waals surface area contributed by atoms with Gasteiger partial charge in [-0.15, -0.1) is 0 Å². The number of anilines is 1. The molecule has 1 aliphatic heterocycles. The predicted molar refractivity (Wildman–Crippen MR) is 144 cm³/mol. The summed E-state index contributed by atoms with van der Waals surface area (Å²) in [6.07, 6.45) is 7.62. The van der Waals surface area contributed by atoms with Gasteiger partial charge in [0.2, 0.25) is 0 Å². The van der Waals surface area contributed by atoms with E-state index < -0.39 is 0 Å². The third-order valence-electron chi connectivity index (χ3n) is 7.58. The molecule has 0 radical (unpaired) electrons. The van der Waals surface area contributed by atoms with Gasteiger partial charge in [0.25, 0.3) is 0 Å². The number of piperazine rings is 1. The number of nitrogens with zero attached hydrogens (tertiary/aromatic N) is 7. The van der Waals surface area contributed by atoms with Crippen molar-refractivity contribution in [3.63, 3.8) is 0 Å². The summed E-state index contributed by atoms with van der Waals surface area (Å²) in [5.41, 5.74) is 12.6. The molecule has 1 unspecified atom stereocenters. The first-order valence-electron chi connectivity index (χ1n) is 12.9. The van der Waals surface area contributed by atoms with Crippen molar-refractivity contribution >= 4 is 17.0 Å². The molecule has 5 aromatic rings. The van der Waals surface area contributed by atoms with E-state index in [9.17, 15) is 0 Å². The normalized spacial score (nSPS) is 17.9. The molecular formula is C28H29N9. The van der Waals surface area contributed by atoms with Crippen LogP contribution in [0.1, 0.15) is 23.5 Å². The fraction of sp³-hybridized carbons (Fsp3) is 0.286. The number of nitrogen functional groups attached to an aromatic ring is 1. The molecule has 0 amide bonds. The van der Waals surface area contributed by atoms with Gasteiger partial charge in [0.1, 0.15) is 11.3 Å². The monoisotopic (exact) mass is 491 g/mol. The smallest absolute Gasteiger partial charge is 0.167 e. The lowest BCUT2D eigenvalue weighted by Gasteiger charge is -2.29. The molecule has 1 fully saturated rings. The first-order valence-corrected chi connectivity index (χ1v) is 12.9. The van der Waals surface area contributed by atoms with E-state index in [1.165, 1.54) is 17.5 Å². The lowest BCUT2D eigenvalue weighted by atomic mass is 10.00. The summed E-state index contributed by atoms with van der Waals surface area (Å²) in [6.45, 7) is 5.56. The summed E-state index contributed by atoms with van der Waals surface area (Å²) in [7, 11) is 0. The number of pyridine rings is 2. The van der Waals surface area contributed by atoms with Gasteiger partial charge in [0, 0.05) is 57.0 Å². The molecule has 186 valence electrons. The highest BCUT2D eigenvalue weighted by Crippen LogP contribution is 2.37. The summed E-state index contributed by atoms with van der Waals surface area (Å²) in [5, 5.41) is 7.82. The molecule has 1 aromatic carbocycles. The summed E-state index contributed by atoms with van der Waals surface area (Å²) >= 11 is 0. The number of hydrogen-bond acceptors (Lipinski definition) is 7. The number of hydrogen-bond donors (Lipinski definition) is 2. The van der Waals surface area contributed by atoms with Gasteiger partial charge < -0.3 is 16.0 Å².